The number of hydrogen-bond donors (Lipinski definition) is 0. The van der Waals surface area contributed by atoms with Crippen LogP contribution in [-0.4, -0.2) is 37.0 Å². The zero-order valence-corrected chi connectivity index (χ0v) is 17.7. The maximum absolute atomic E-state index is 12.7. The van der Waals surface area contributed by atoms with Gasteiger partial charge in [-0.2, -0.15) is 0 Å². The Hall–Kier alpha value is -2.79. The van der Waals surface area contributed by atoms with Crippen molar-refractivity contribution >= 4 is 22.9 Å². The van der Waals surface area contributed by atoms with E-state index in [1.165, 1.54) is 16.1 Å². The summed E-state index contributed by atoms with van der Waals surface area (Å²) in [5.41, 5.74) is 3.53. The number of anilines is 1. The molecule has 0 saturated carbocycles. The Bertz CT molecular complexity index is 939. The van der Waals surface area contributed by atoms with Crippen LogP contribution >= 0.6 is 11.3 Å². The van der Waals surface area contributed by atoms with Crippen LogP contribution in [0.1, 0.15) is 25.7 Å². The van der Waals surface area contributed by atoms with Gasteiger partial charge in [-0.05, 0) is 55.3 Å². The summed E-state index contributed by atoms with van der Waals surface area (Å²) in [6, 6.07) is 20.4. The fourth-order valence-electron chi connectivity index (χ4n) is 3.50. The summed E-state index contributed by atoms with van der Waals surface area (Å²) >= 11 is 1.60. The zero-order chi connectivity index (χ0) is 20.2. The smallest absolute Gasteiger partial charge is 0.264 e. The Morgan fingerprint density at radius 1 is 0.966 bits per heavy atom. The second-order valence-corrected chi connectivity index (χ2v) is 8.65. The third-order valence-corrected chi connectivity index (χ3v) is 6.53. The Balaban J connectivity index is 1.31. The van der Waals surface area contributed by atoms with Crippen LogP contribution in [0, 0.1) is 13.8 Å². The summed E-state index contributed by atoms with van der Waals surface area (Å²) in [7, 11) is 0. The molecule has 2 heterocycles. The van der Waals surface area contributed by atoms with Crippen molar-refractivity contribution < 1.29 is 9.53 Å². The Labute approximate surface area is 176 Å². The lowest BCUT2D eigenvalue weighted by Crippen LogP contribution is -2.48. The summed E-state index contributed by atoms with van der Waals surface area (Å²) in [6.45, 7) is 7.90. The molecule has 4 nitrogen and oxygen atoms in total. The molecule has 1 saturated heterocycles. The van der Waals surface area contributed by atoms with Gasteiger partial charge < -0.3 is 14.5 Å². The van der Waals surface area contributed by atoms with E-state index in [0.717, 1.165) is 42.4 Å². The summed E-state index contributed by atoms with van der Waals surface area (Å²) in [5, 5.41) is 0. The van der Waals surface area contributed by atoms with E-state index in [1.54, 1.807) is 11.3 Å². The molecule has 0 atom stereocenters. The molecule has 1 aliphatic rings. The third-order valence-electron chi connectivity index (χ3n) is 5.39. The summed E-state index contributed by atoms with van der Waals surface area (Å²) in [4.78, 5) is 19.1. The molecule has 0 spiro atoms. The predicted molar refractivity (Wildman–Crippen MR) is 119 cm³/mol. The van der Waals surface area contributed by atoms with Crippen molar-refractivity contribution in [2.24, 2.45) is 0 Å². The van der Waals surface area contributed by atoms with Gasteiger partial charge in [0.25, 0.3) is 5.91 Å². The number of carbonyl (C=O) groups excluding carboxylic acids is 1. The van der Waals surface area contributed by atoms with Gasteiger partial charge in [0, 0.05) is 36.7 Å². The van der Waals surface area contributed by atoms with Crippen molar-refractivity contribution in [1.29, 1.82) is 0 Å². The predicted octanol–water partition coefficient (Wildman–Crippen LogP) is 4.91. The molecule has 3 aromatic rings. The lowest BCUT2D eigenvalue weighted by Gasteiger charge is -2.36. The minimum atomic E-state index is 0.163. The average Bonchev–Trinajstić information content (AvgIpc) is 3.11. The highest BCUT2D eigenvalue weighted by molar-refractivity contribution is 7.14. The highest BCUT2D eigenvalue weighted by Gasteiger charge is 2.23. The summed E-state index contributed by atoms with van der Waals surface area (Å²) in [5.74, 6) is 1.03. The van der Waals surface area contributed by atoms with E-state index < -0.39 is 0 Å². The van der Waals surface area contributed by atoms with Crippen LogP contribution in [0.2, 0.25) is 0 Å². The van der Waals surface area contributed by atoms with E-state index in [1.807, 2.05) is 41.3 Å². The number of thiophene rings is 1. The number of nitrogens with zero attached hydrogens (tertiary/aromatic N) is 2. The normalized spacial score (nSPS) is 14.1. The second kappa shape index (κ2) is 8.70. The molecular weight excluding hydrogens is 380 g/mol. The molecule has 1 aliphatic heterocycles. The van der Waals surface area contributed by atoms with E-state index in [-0.39, 0.29) is 5.91 Å². The highest BCUT2D eigenvalue weighted by Crippen LogP contribution is 2.24. The van der Waals surface area contributed by atoms with Gasteiger partial charge in [0.05, 0.1) is 4.88 Å². The van der Waals surface area contributed by atoms with E-state index in [2.05, 4.69) is 43.0 Å². The van der Waals surface area contributed by atoms with Crippen LogP contribution in [0.25, 0.3) is 0 Å². The molecule has 1 aromatic heterocycles. The maximum Gasteiger partial charge on any atom is 0.264 e. The molecule has 29 heavy (non-hydrogen) atoms. The minimum absolute atomic E-state index is 0.163. The van der Waals surface area contributed by atoms with Crippen molar-refractivity contribution in [3.8, 4) is 5.75 Å². The SMILES string of the molecule is Cc1cc(C(=O)N2CCN(c3ccc(OCc4ccccc4)cc3)CC2)sc1C. The van der Waals surface area contributed by atoms with E-state index in [9.17, 15) is 4.79 Å². The second-order valence-electron chi connectivity index (χ2n) is 7.40. The molecule has 150 valence electrons. The number of benzene rings is 2. The van der Waals surface area contributed by atoms with Crippen LogP contribution in [0.4, 0.5) is 5.69 Å². The molecule has 1 fully saturated rings. The molecule has 4 rings (SSSR count). The third kappa shape index (κ3) is 4.62. The standard InChI is InChI=1S/C24H26N2O2S/c1-18-16-23(29-19(18)2)24(27)26-14-12-25(13-15-26)21-8-10-22(11-9-21)28-17-20-6-4-3-5-7-20/h3-11,16H,12-15,17H2,1-2H3. The van der Waals surface area contributed by atoms with Gasteiger partial charge >= 0.3 is 0 Å². The number of aryl methyl sites for hydroxylation is 2. The highest BCUT2D eigenvalue weighted by atomic mass is 32.1. The molecule has 0 aliphatic carbocycles. The van der Waals surface area contributed by atoms with E-state index in [0.29, 0.717) is 6.61 Å². The lowest BCUT2D eigenvalue weighted by atomic mass is 10.2. The molecule has 0 unspecified atom stereocenters. The van der Waals surface area contributed by atoms with Crippen molar-refractivity contribution in [2.45, 2.75) is 20.5 Å². The van der Waals surface area contributed by atoms with Crippen molar-refractivity contribution in [1.82, 2.24) is 4.90 Å². The van der Waals surface area contributed by atoms with Gasteiger partial charge in [-0.1, -0.05) is 30.3 Å². The van der Waals surface area contributed by atoms with E-state index in [4.69, 9.17) is 4.74 Å². The van der Waals surface area contributed by atoms with Crippen LogP contribution in [0.5, 0.6) is 5.75 Å². The largest absolute Gasteiger partial charge is 0.489 e. The van der Waals surface area contributed by atoms with Crippen molar-refractivity contribution in [2.75, 3.05) is 31.1 Å². The van der Waals surface area contributed by atoms with Crippen LogP contribution in [-0.2, 0) is 6.61 Å². The molecule has 0 N–H and O–H groups in total. The molecule has 5 heteroatoms. The number of hydrogen-bond acceptors (Lipinski definition) is 4. The zero-order valence-electron chi connectivity index (χ0n) is 16.9. The molecule has 0 bridgehead atoms. The first-order valence-corrected chi connectivity index (χ1v) is 10.8. The maximum atomic E-state index is 12.7. The number of amides is 1. The minimum Gasteiger partial charge on any atom is -0.489 e. The lowest BCUT2D eigenvalue weighted by molar-refractivity contribution is 0.0751. The van der Waals surface area contributed by atoms with Crippen LogP contribution < -0.4 is 9.64 Å². The Morgan fingerprint density at radius 3 is 2.28 bits per heavy atom. The van der Waals surface area contributed by atoms with Gasteiger partial charge in [0.1, 0.15) is 12.4 Å². The number of ether oxygens (including phenoxy) is 1. The fraction of sp³-hybridized carbons (Fsp3) is 0.292. The van der Waals surface area contributed by atoms with Gasteiger partial charge in [-0.15, -0.1) is 11.3 Å². The first-order valence-electron chi connectivity index (χ1n) is 9.98. The van der Waals surface area contributed by atoms with Crippen LogP contribution in [0.15, 0.2) is 60.7 Å². The number of carbonyl (C=O) groups is 1. The average molecular weight is 407 g/mol. The van der Waals surface area contributed by atoms with Gasteiger partial charge in [-0.25, -0.2) is 0 Å². The Kier molecular flexibility index (Phi) is 5.86. The summed E-state index contributed by atoms with van der Waals surface area (Å²) < 4.78 is 5.87. The van der Waals surface area contributed by atoms with Crippen molar-refractivity contribution in [3.05, 3.63) is 81.5 Å². The Morgan fingerprint density at radius 2 is 1.66 bits per heavy atom. The number of rotatable bonds is 5. The first-order chi connectivity index (χ1) is 14.1. The fourth-order valence-corrected chi connectivity index (χ4v) is 4.50. The first kappa shape index (κ1) is 19.5. The topological polar surface area (TPSA) is 32.8 Å². The quantitative estimate of drug-likeness (QED) is 0.604. The monoisotopic (exact) mass is 406 g/mol. The van der Waals surface area contributed by atoms with Gasteiger partial charge in [0.15, 0.2) is 0 Å². The number of piperazine rings is 1. The molecule has 2 aromatic carbocycles. The molecule has 1 amide bonds. The molecule has 0 radical (unpaired) electrons. The van der Waals surface area contributed by atoms with E-state index >= 15 is 0 Å². The van der Waals surface area contributed by atoms with Gasteiger partial charge in [0.2, 0.25) is 0 Å². The van der Waals surface area contributed by atoms with Gasteiger partial charge in [-0.3, -0.25) is 4.79 Å². The molecular formula is C24H26N2O2S. The summed E-state index contributed by atoms with van der Waals surface area (Å²) in [6.07, 6.45) is 0. The van der Waals surface area contributed by atoms with Crippen LogP contribution in [0.3, 0.4) is 0 Å². The van der Waals surface area contributed by atoms with Crippen molar-refractivity contribution in [3.63, 3.8) is 0 Å².